The van der Waals surface area contributed by atoms with E-state index in [9.17, 15) is 4.79 Å². The Balaban J connectivity index is 2.51. The largest absolute Gasteiger partial charge is 0.354 e. The van der Waals surface area contributed by atoms with Crippen LogP contribution in [0.3, 0.4) is 0 Å². The van der Waals surface area contributed by atoms with Gasteiger partial charge in [0.05, 0.1) is 6.04 Å². The molecule has 6 heteroatoms. The quantitative estimate of drug-likeness (QED) is 0.780. The van der Waals surface area contributed by atoms with Crippen molar-refractivity contribution in [3.8, 4) is 0 Å². The molecule has 1 aromatic rings. The fraction of sp³-hybridized carbons (Fsp3) is 0.500. The second kappa shape index (κ2) is 6.93. The molecule has 1 aromatic heterocycles. The van der Waals surface area contributed by atoms with Crippen molar-refractivity contribution in [1.29, 1.82) is 0 Å². The molecule has 0 saturated heterocycles. The van der Waals surface area contributed by atoms with Gasteiger partial charge >= 0.3 is 6.03 Å². The number of anilines is 1. The van der Waals surface area contributed by atoms with Crippen molar-refractivity contribution in [1.82, 2.24) is 10.3 Å². The normalized spacial score (nSPS) is 12.3. The van der Waals surface area contributed by atoms with Crippen molar-refractivity contribution in [2.24, 2.45) is 0 Å². The Morgan fingerprint density at radius 2 is 2.00 bits per heavy atom. The summed E-state index contributed by atoms with van der Waals surface area (Å²) in [7, 11) is 3.04. The van der Waals surface area contributed by atoms with Crippen molar-refractivity contribution in [3.05, 3.63) is 23.9 Å². The summed E-state index contributed by atoms with van der Waals surface area (Å²) >= 11 is 0. The van der Waals surface area contributed by atoms with Gasteiger partial charge in [0, 0.05) is 19.9 Å². The SMILES string of the molecule is COC(OC)C(C)NC(=O)Nc1cccc(C)n1. The van der Waals surface area contributed by atoms with Crippen LogP contribution in [0.1, 0.15) is 12.6 Å². The minimum Gasteiger partial charge on any atom is -0.354 e. The van der Waals surface area contributed by atoms with E-state index in [0.29, 0.717) is 5.82 Å². The number of pyridine rings is 1. The number of carbonyl (C=O) groups excluding carboxylic acids is 1. The van der Waals surface area contributed by atoms with Gasteiger partial charge in [0.2, 0.25) is 0 Å². The molecule has 0 radical (unpaired) electrons. The van der Waals surface area contributed by atoms with E-state index in [1.165, 1.54) is 14.2 Å². The topological polar surface area (TPSA) is 72.5 Å². The number of aryl methyl sites for hydroxylation is 1. The fourth-order valence-corrected chi connectivity index (χ4v) is 1.54. The number of urea groups is 1. The second-order valence-corrected chi connectivity index (χ2v) is 3.89. The number of hydrogen-bond acceptors (Lipinski definition) is 4. The third kappa shape index (κ3) is 4.31. The summed E-state index contributed by atoms with van der Waals surface area (Å²) in [6.45, 7) is 3.65. The molecule has 0 saturated carbocycles. The fourth-order valence-electron chi connectivity index (χ4n) is 1.54. The van der Waals surface area contributed by atoms with Gasteiger partial charge in [-0.25, -0.2) is 9.78 Å². The highest BCUT2D eigenvalue weighted by Gasteiger charge is 2.17. The summed E-state index contributed by atoms with van der Waals surface area (Å²) < 4.78 is 10.1. The van der Waals surface area contributed by atoms with Crippen LogP contribution in [0.25, 0.3) is 0 Å². The van der Waals surface area contributed by atoms with Crippen LogP contribution in [0, 0.1) is 6.92 Å². The maximum Gasteiger partial charge on any atom is 0.320 e. The third-order valence-electron chi connectivity index (χ3n) is 2.36. The molecule has 2 N–H and O–H groups in total. The van der Waals surface area contributed by atoms with E-state index in [2.05, 4.69) is 15.6 Å². The van der Waals surface area contributed by atoms with E-state index in [1.807, 2.05) is 19.1 Å². The maximum absolute atomic E-state index is 11.7. The number of aromatic nitrogens is 1. The molecule has 1 unspecified atom stereocenters. The number of rotatable bonds is 5. The Labute approximate surface area is 107 Å². The maximum atomic E-state index is 11.7. The number of nitrogens with zero attached hydrogens (tertiary/aromatic N) is 1. The van der Waals surface area contributed by atoms with E-state index in [4.69, 9.17) is 9.47 Å². The molecular weight excluding hydrogens is 234 g/mol. The summed E-state index contributed by atoms with van der Waals surface area (Å²) in [5.41, 5.74) is 0.840. The highest BCUT2D eigenvalue weighted by atomic mass is 16.7. The van der Waals surface area contributed by atoms with Crippen molar-refractivity contribution in [2.45, 2.75) is 26.2 Å². The summed E-state index contributed by atoms with van der Waals surface area (Å²) in [5, 5.41) is 5.35. The first-order valence-electron chi connectivity index (χ1n) is 5.63. The number of hydrogen-bond donors (Lipinski definition) is 2. The highest BCUT2D eigenvalue weighted by molar-refractivity contribution is 5.88. The van der Waals surface area contributed by atoms with E-state index < -0.39 is 6.29 Å². The van der Waals surface area contributed by atoms with Crippen molar-refractivity contribution >= 4 is 11.8 Å². The van der Waals surface area contributed by atoms with Crippen LogP contribution in [-0.2, 0) is 9.47 Å². The van der Waals surface area contributed by atoms with Gasteiger partial charge in [-0.2, -0.15) is 0 Å². The number of amides is 2. The molecule has 1 rings (SSSR count). The Kier molecular flexibility index (Phi) is 5.54. The molecule has 0 aromatic carbocycles. The minimum atomic E-state index is -0.485. The number of methoxy groups -OCH3 is 2. The number of ether oxygens (including phenoxy) is 2. The van der Waals surface area contributed by atoms with E-state index in [-0.39, 0.29) is 12.1 Å². The Morgan fingerprint density at radius 1 is 1.33 bits per heavy atom. The monoisotopic (exact) mass is 253 g/mol. The first-order chi connectivity index (χ1) is 8.56. The second-order valence-electron chi connectivity index (χ2n) is 3.89. The van der Waals surface area contributed by atoms with E-state index in [1.54, 1.807) is 13.0 Å². The average molecular weight is 253 g/mol. The van der Waals surface area contributed by atoms with Crippen molar-refractivity contribution in [2.75, 3.05) is 19.5 Å². The molecule has 2 amide bonds. The predicted octanol–water partition coefficient (Wildman–Crippen LogP) is 1.52. The van der Waals surface area contributed by atoms with Crippen LogP contribution in [0.15, 0.2) is 18.2 Å². The lowest BCUT2D eigenvalue weighted by molar-refractivity contribution is -0.117. The smallest absolute Gasteiger partial charge is 0.320 e. The van der Waals surface area contributed by atoms with Gasteiger partial charge in [0.25, 0.3) is 0 Å². The molecule has 0 aliphatic heterocycles. The van der Waals surface area contributed by atoms with Crippen LogP contribution < -0.4 is 10.6 Å². The summed E-state index contributed by atoms with van der Waals surface area (Å²) in [6, 6.07) is 4.79. The zero-order valence-corrected chi connectivity index (χ0v) is 11.1. The molecule has 18 heavy (non-hydrogen) atoms. The third-order valence-corrected chi connectivity index (χ3v) is 2.36. The van der Waals surface area contributed by atoms with Crippen LogP contribution >= 0.6 is 0 Å². The van der Waals surface area contributed by atoms with Gasteiger partial charge in [-0.1, -0.05) is 6.07 Å². The summed E-state index contributed by atoms with van der Waals surface area (Å²) in [6.07, 6.45) is -0.485. The van der Waals surface area contributed by atoms with Crippen LogP contribution in [0.4, 0.5) is 10.6 Å². The zero-order valence-electron chi connectivity index (χ0n) is 11.1. The van der Waals surface area contributed by atoms with E-state index in [0.717, 1.165) is 5.69 Å². The lowest BCUT2D eigenvalue weighted by atomic mass is 10.3. The van der Waals surface area contributed by atoms with Gasteiger partial charge in [-0.3, -0.25) is 5.32 Å². The molecule has 100 valence electrons. The minimum absolute atomic E-state index is 0.273. The lowest BCUT2D eigenvalue weighted by Crippen LogP contribution is -2.44. The highest BCUT2D eigenvalue weighted by Crippen LogP contribution is 2.04. The number of carbonyl (C=O) groups is 1. The van der Waals surface area contributed by atoms with Crippen LogP contribution in [0.2, 0.25) is 0 Å². The van der Waals surface area contributed by atoms with Crippen molar-refractivity contribution in [3.63, 3.8) is 0 Å². The Hall–Kier alpha value is -1.66. The molecule has 6 nitrogen and oxygen atoms in total. The van der Waals surface area contributed by atoms with Gasteiger partial charge in [0.15, 0.2) is 6.29 Å². The van der Waals surface area contributed by atoms with E-state index >= 15 is 0 Å². The first kappa shape index (κ1) is 14.4. The molecule has 1 atom stereocenters. The van der Waals surface area contributed by atoms with Crippen molar-refractivity contribution < 1.29 is 14.3 Å². The standard InChI is InChI=1S/C12H19N3O3/c1-8-6-5-7-10(13-8)15-12(16)14-9(2)11(17-3)18-4/h5-7,9,11H,1-4H3,(H2,13,14,15,16). The Morgan fingerprint density at radius 3 is 2.56 bits per heavy atom. The van der Waals surface area contributed by atoms with Gasteiger partial charge in [-0.15, -0.1) is 0 Å². The summed E-state index contributed by atoms with van der Waals surface area (Å²) in [5.74, 6) is 0.506. The molecular formula is C12H19N3O3. The lowest BCUT2D eigenvalue weighted by Gasteiger charge is -2.22. The summed E-state index contributed by atoms with van der Waals surface area (Å²) in [4.78, 5) is 15.9. The molecule has 0 aliphatic carbocycles. The van der Waals surface area contributed by atoms with Crippen LogP contribution in [0.5, 0.6) is 0 Å². The molecule has 1 heterocycles. The molecule has 0 aliphatic rings. The van der Waals surface area contributed by atoms with Gasteiger partial charge in [0.1, 0.15) is 5.82 Å². The average Bonchev–Trinajstić information content (AvgIpc) is 2.30. The molecule has 0 bridgehead atoms. The van der Waals surface area contributed by atoms with Gasteiger partial charge < -0.3 is 14.8 Å². The predicted molar refractivity (Wildman–Crippen MR) is 68.4 cm³/mol. The molecule has 0 spiro atoms. The number of nitrogens with one attached hydrogen (secondary N) is 2. The molecule has 0 fully saturated rings. The van der Waals surface area contributed by atoms with Gasteiger partial charge in [-0.05, 0) is 26.0 Å². The van der Waals surface area contributed by atoms with Crippen LogP contribution in [-0.4, -0.2) is 37.6 Å². The zero-order chi connectivity index (χ0) is 13.5. The Bertz CT molecular complexity index is 394. The first-order valence-corrected chi connectivity index (χ1v) is 5.63.